The number of aliphatic hydroxyl groups excluding tert-OH is 2. The summed E-state index contributed by atoms with van der Waals surface area (Å²) in [6, 6.07) is 13.8. The largest absolute Gasteiger partial charge is 0.456 e. The molecule has 16 unspecified atom stereocenters. The highest BCUT2D eigenvalue weighted by Gasteiger charge is 2.56. The third kappa shape index (κ3) is 11.3. The third-order valence-corrected chi connectivity index (χ3v) is 15.5. The van der Waals surface area contributed by atoms with Crippen molar-refractivity contribution in [2.24, 2.45) is 29.6 Å². The molecule has 3 fully saturated rings. The average Bonchev–Trinajstić information content (AvgIpc) is 3.32. The summed E-state index contributed by atoms with van der Waals surface area (Å²) in [5.41, 5.74) is 2.27. The van der Waals surface area contributed by atoms with Crippen molar-refractivity contribution in [2.75, 3.05) is 27.9 Å². The van der Waals surface area contributed by atoms with Crippen LogP contribution in [0, 0.1) is 29.6 Å². The SMILES string of the molecule is CCC1/C=C(\C)C(F)C(C)CC(OC)C2OC(O)(C(C)CC2OC)C(O)C(=O)N2CCCCC2C(=O)OC(C(C)=CC2CCC(c3ccc4ccccc4c3)C(OC)C2)C(C)C(O)CC1=O. The van der Waals surface area contributed by atoms with E-state index in [9.17, 15) is 29.7 Å². The molecule has 0 aromatic heterocycles. The van der Waals surface area contributed by atoms with E-state index in [2.05, 4.69) is 36.4 Å². The lowest BCUT2D eigenvalue weighted by Gasteiger charge is -2.49. The Morgan fingerprint density at radius 1 is 0.909 bits per heavy atom. The fourth-order valence-electron chi connectivity index (χ4n) is 11.3. The summed E-state index contributed by atoms with van der Waals surface area (Å²) in [6.45, 7) is 10.6. The number of allylic oxidation sites excluding steroid dienone is 3. The number of aliphatic hydroxyl groups is 3. The Labute approximate surface area is 391 Å². The maximum atomic E-state index is 16.4. The van der Waals surface area contributed by atoms with Crippen LogP contribution in [0.5, 0.6) is 0 Å². The van der Waals surface area contributed by atoms with Gasteiger partial charge >= 0.3 is 5.97 Å². The van der Waals surface area contributed by atoms with E-state index in [1.807, 2.05) is 26.0 Å². The second-order valence-corrected chi connectivity index (χ2v) is 19.9. The molecule has 366 valence electrons. The van der Waals surface area contributed by atoms with Crippen LogP contribution in [0.3, 0.4) is 0 Å². The van der Waals surface area contributed by atoms with E-state index < -0.39 is 90.2 Å². The summed E-state index contributed by atoms with van der Waals surface area (Å²) < 4.78 is 46.9. The molecule has 4 aliphatic rings. The Morgan fingerprint density at radius 3 is 2.27 bits per heavy atom. The molecule has 0 spiro atoms. The van der Waals surface area contributed by atoms with Gasteiger partial charge in [-0.1, -0.05) is 82.3 Å². The zero-order chi connectivity index (χ0) is 48.0. The number of methoxy groups -OCH3 is 3. The van der Waals surface area contributed by atoms with Gasteiger partial charge in [-0.05, 0) is 111 Å². The van der Waals surface area contributed by atoms with Crippen LogP contribution in [0.25, 0.3) is 10.8 Å². The van der Waals surface area contributed by atoms with Gasteiger partial charge in [-0.2, -0.15) is 0 Å². The minimum atomic E-state index is -2.41. The summed E-state index contributed by atoms with van der Waals surface area (Å²) in [5, 5.41) is 38.3. The number of hydrogen-bond acceptors (Lipinski definition) is 11. The summed E-state index contributed by atoms with van der Waals surface area (Å²) in [7, 11) is 4.68. The van der Waals surface area contributed by atoms with Crippen LogP contribution >= 0.6 is 0 Å². The van der Waals surface area contributed by atoms with E-state index >= 15 is 4.39 Å². The number of benzene rings is 2. The zero-order valence-corrected chi connectivity index (χ0v) is 40.6. The average molecular weight is 922 g/mol. The molecule has 3 aliphatic heterocycles. The van der Waals surface area contributed by atoms with Crippen LogP contribution in [0.4, 0.5) is 4.39 Å². The van der Waals surface area contributed by atoms with E-state index in [0.717, 1.165) is 12.8 Å². The molecule has 16 atom stereocenters. The van der Waals surface area contributed by atoms with Gasteiger partial charge in [0.2, 0.25) is 5.79 Å². The number of cyclic esters (lactones) is 1. The van der Waals surface area contributed by atoms with E-state index in [1.54, 1.807) is 40.9 Å². The van der Waals surface area contributed by atoms with Crippen molar-refractivity contribution >= 4 is 28.4 Å². The highest BCUT2D eigenvalue weighted by Crippen LogP contribution is 2.42. The fourth-order valence-corrected chi connectivity index (χ4v) is 11.3. The van der Waals surface area contributed by atoms with Crippen LogP contribution in [-0.2, 0) is 38.1 Å². The number of carbonyl (C=O) groups excluding carboxylic acids is 3. The van der Waals surface area contributed by atoms with E-state index in [0.29, 0.717) is 36.8 Å². The van der Waals surface area contributed by atoms with Gasteiger partial charge in [-0.15, -0.1) is 0 Å². The van der Waals surface area contributed by atoms with E-state index in [1.165, 1.54) is 35.5 Å². The molecule has 2 aromatic rings. The molecule has 2 aromatic carbocycles. The molecule has 66 heavy (non-hydrogen) atoms. The van der Waals surface area contributed by atoms with Crippen LogP contribution in [-0.4, -0.2) is 126 Å². The van der Waals surface area contributed by atoms with Crippen LogP contribution in [0.2, 0.25) is 0 Å². The molecule has 3 N–H and O–H groups in total. The quantitative estimate of drug-likeness (QED) is 0.184. The number of carbonyl (C=O) groups is 3. The maximum absolute atomic E-state index is 16.4. The minimum Gasteiger partial charge on any atom is -0.456 e. The van der Waals surface area contributed by atoms with Crippen molar-refractivity contribution in [1.29, 1.82) is 0 Å². The van der Waals surface area contributed by atoms with Gasteiger partial charge < -0.3 is 43.9 Å². The molecule has 3 heterocycles. The molecule has 2 bridgehead atoms. The predicted molar refractivity (Wildman–Crippen MR) is 250 cm³/mol. The van der Waals surface area contributed by atoms with Crippen LogP contribution < -0.4 is 0 Å². The lowest BCUT2D eigenvalue weighted by Crippen LogP contribution is -2.66. The van der Waals surface area contributed by atoms with Crippen molar-refractivity contribution < 1.29 is 57.8 Å². The highest BCUT2D eigenvalue weighted by atomic mass is 19.1. The first-order valence-electron chi connectivity index (χ1n) is 24.3. The smallest absolute Gasteiger partial charge is 0.329 e. The summed E-state index contributed by atoms with van der Waals surface area (Å²) in [4.78, 5) is 44.3. The topological polar surface area (TPSA) is 161 Å². The van der Waals surface area contributed by atoms with Crippen molar-refractivity contribution in [2.45, 2.75) is 172 Å². The first kappa shape index (κ1) is 51.8. The number of alkyl halides is 1. The summed E-state index contributed by atoms with van der Waals surface area (Å²) in [5.74, 6) is -6.92. The maximum Gasteiger partial charge on any atom is 0.329 e. The number of Topliss-reactive ketones (excluding diaryl/α,β-unsaturated/α-hetero) is 1. The predicted octanol–water partition coefficient (Wildman–Crippen LogP) is 7.79. The number of rotatable bonds is 7. The van der Waals surface area contributed by atoms with Crippen LogP contribution in [0.15, 0.2) is 65.8 Å². The van der Waals surface area contributed by atoms with Crippen molar-refractivity contribution in [3.63, 3.8) is 0 Å². The summed E-state index contributed by atoms with van der Waals surface area (Å²) in [6.07, 6.45) is -0.349. The molecule has 1 amide bonds. The van der Waals surface area contributed by atoms with Gasteiger partial charge in [0.15, 0.2) is 6.10 Å². The first-order valence-corrected chi connectivity index (χ1v) is 24.3. The highest BCUT2D eigenvalue weighted by molar-refractivity contribution is 5.88. The molecule has 13 heteroatoms. The molecule has 12 nitrogen and oxygen atoms in total. The van der Waals surface area contributed by atoms with Crippen molar-refractivity contribution in [3.05, 3.63) is 71.3 Å². The number of piperidine rings is 1. The van der Waals surface area contributed by atoms with Gasteiger partial charge in [0.1, 0.15) is 30.2 Å². The van der Waals surface area contributed by atoms with E-state index in [4.69, 9.17) is 23.7 Å². The van der Waals surface area contributed by atoms with Gasteiger partial charge in [0.25, 0.3) is 5.91 Å². The second-order valence-electron chi connectivity index (χ2n) is 19.9. The van der Waals surface area contributed by atoms with Gasteiger partial charge in [0.05, 0.1) is 24.4 Å². The number of fused-ring (bicyclic) bond motifs is 4. The number of hydrogen-bond donors (Lipinski definition) is 3. The number of ether oxygens (including phenoxy) is 5. The number of halogens is 1. The molecular weight excluding hydrogens is 846 g/mol. The Kier molecular flexibility index (Phi) is 17.8. The molecule has 6 rings (SSSR count). The van der Waals surface area contributed by atoms with Gasteiger partial charge in [-0.25, -0.2) is 9.18 Å². The van der Waals surface area contributed by atoms with Crippen LogP contribution in [0.1, 0.15) is 117 Å². The lowest BCUT2D eigenvalue weighted by atomic mass is 9.75. The Balaban J connectivity index is 1.34. The number of ketones is 1. The third-order valence-electron chi connectivity index (χ3n) is 15.5. The first-order chi connectivity index (χ1) is 31.4. The van der Waals surface area contributed by atoms with Gasteiger partial charge in [-0.3, -0.25) is 9.59 Å². The van der Waals surface area contributed by atoms with Gasteiger partial charge in [0, 0.05) is 58.0 Å². The Bertz CT molecular complexity index is 2040. The molecule has 2 saturated heterocycles. The molecular formula is C53H76FNO11. The lowest BCUT2D eigenvalue weighted by molar-refractivity contribution is -0.346. The number of amides is 1. The van der Waals surface area contributed by atoms with E-state index in [-0.39, 0.29) is 56.0 Å². The van der Waals surface area contributed by atoms with Crippen molar-refractivity contribution in [1.82, 2.24) is 4.90 Å². The molecule has 1 saturated carbocycles. The summed E-state index contributed by atoms with van der Waals surface area (Å²) >= 11 is 0. The second kappa shape index (κ2) is 22.7. The Morgan fingerprint density at radius 2 is 1.59 bits per heavy atom. The molecule has 0 radical (unpaired) electrons. The standard InChI is InChI=1S/C53H76FNO11/c1-10-36-24-30(2)47(54)31(3)25-45(63-8)49-46(64-9)26-33(5)53(61,66-49)50(58)51(59)55-22-14-13-17-41(55)52(60)65-48(34(6)42(56)29-43(36)57)32(4)23-35-18-21-40(44(27-35)62-7)39-20-19-37-15-11-12-16-38(37)28-39/h11-12,15-16,19-20,23-24,28,31,33-36,40-42,44-50,56,58,61H,10,13-14,17-18,21-22,25-27,29H2,1-9H3/b30-24+,32-23?. The zero-order valence-electron chi connectivity index (χ0n) is 40.6. The number of esters is 1. The number of nitrogens with zero attached hydrogens (tertiary/aromatic N) is 1. The minimum absolute atomic E-state index is 0.0514. The molecule has 1 aliphatic carbocycles. The normalized spacial score (nSPS) is 39.3. The Hall–Kier alpha value is -3.56. The van der Waals surface area contributed by atoms with Crippen molar-refractivity contribution in [3.8, 4) is 0 Å². The monoisotopic (exact) mass is 922 g/mol. The fraction of sp³-hybridized carbons (Fsp3) is 0.679.